The topological polar surface area (TPSA) is 82.5 Å². The van der Waals surface area contributed by atoms with E-state index in [-0.39, 0.29) is 11.3 Å². The largest absolute Gasteiger partial charge is 0.508 e. The monoisotopic (exact) mass is 328 g/mol. The molecule has 3 rings (SSSR count). The molecule has 6 heteroatoms. The molecule has 1 heterocycles. The fourth-order valence-electron chi connectivity index (χ4n) is 2.37. The molecule has 3 aromatic rings. The summed E-state index contributed by atoms with van der Waals surface area (Å²) in [4.78, 5) is 15.7. The SMILES string of the molecule is Cc1c(Cl)ccc2c(Nc3ccc(O)cc3)c(C(=O)O)cnc12. The van der Waals surface area contributed by atoms with E-state index in [1.165, 1.54) is 18.3 Å². The number of carboxylic acid groups (broad SMARTS) is 1. The van der Waals surface area contributed by atoms with Crippen molar-refractivity contribution in [3.63, 3.8) is 0 Å². The number of aromatic nitrogens is 1. The first kappa shape index (κ1) is 15.1. The van der Waals surface area contributed by atoms with Gasteiger partial charge in [-0.15, -0.1) is 0 Å². The van der Waals surface area contributed by atoms with Crippen molar-refractivity contribution < 1.29 is 15.0 Å². The van der Waals surface area contributed by atoms with Gasteiger partial charge in [0.15, 0.2) is 0 Å². The van der Waals surface area contributed by atoms with E-state index in [4.69, 9.17) is 11.6 Å². The highest BCUT2D eigenvalue weighted by Crippen LogP contribution is 2.33. The molecular weight excluding hydrogens is 316 g/mol. The van der Waals surface area contributed by atoms with Crippen LogP contribution in [-0.4, -0.2) is 21.2 Å². The number of aromatic carboxylic acids is 1. The average molecular weight is 329 g/mol. The number of phenolic OH excluding ortho intramolecular Hbond substituents is 1. The highest BCUT2D eigenvalue weighted by Gasteiger charge is 2.16. The van der Waals surface area contributed by atoms with Crippen molar-refractivity contribution >= 4 is 39.8 Å². The number of fused-ring (bicyclic) bond motifs is 1. The first-order valence-corrected chi connectivity index (χ1v) is 7.22. The van der Waals surface area contributed by atoms with E-state index < -0.39 is 5.97 Å². The molecule has 0 saturated carbocycles. The van der Waals surface area contributed by atoms with E-state index in [0.29, 0.717) is 27.3 Å². The van der Waals surface area contributed by atoms with Crippen molar-refractivity contribution in [2.75, 3.05) is 5.32 Å². The van der Waals surface area contributed by atoms with Crippen LogP contribution in [0.15, 0.2) is 42.6 Å². The summed E-state index contributed by atoms with van der Waals surface area (Å²) in [5.74, 6) is -0.940. The summed E-state index contributed by atoms with van der Waals surface area (Å²) in [6.07, 6.45) is 1.32. The van der Waals surface area contributed by atoms with E-state index in [0.717, 1.165) is 5.56 Å². The standard InChI is InChI=1S/C17H13ClN2O3/c1-9-14(18)7-6-12-15(9)19-8-13(17(22)23)16(12)20-10-2-4-11(21)5-3-10/h2-8,21H,1H3,(H,19,20)(H,22,23). The number of hydrogen-bond donors (Lipinski definition) is 3. The van der Waals surface area contributed by atoms with Crippen molar-refractivity contribution in [1.29, 1.82) is 0 Å². The number of hydrogen-bond acceptors (Lipinski definition) is 4. The van der Waals surface area contributed by atoms with Gasteiger partial charge >= 0.3 is 5.97 Å². The van der Waals surface area contributed by atoms with E-state index >= 15 is 0 Å². The molecule has 0 amide bonds. The smallest absolute Gasteiger partial charge is 0.339 e. The first-order valence-electron chi connectivity index (χ1n) is 6.84. The third kappa shape index (κ3) is 2.78. The van der Waals surface area contributed by atoms with Gasteiger partial charge in [-0.1, -0.05) is 11.6 Å². The third-order valence-corrected chi connectivity index (χ3v) is 4.00. The quantitative estimate of drug-likeness (QED) is 0.623. The zero-order chi connectivity index (χ0) is 16.6. The lowest BCUT2D eigenvalue weighted by atomic mass is 10.1. The lowest BCUT2D eigenvalue weighted by Gasteiger charge is -2.14. The number of carboxylic acids is 1. The van der Waals surface area contributed by atoms with Gasteiger partial charge in [0.1, 0.15) is 11.3 Å². The van der Waals surface area contributed by atoms with Crippen LogP contribution >= 0.6 is 11.6 Å². The van der Waals surface area contributed by atoms with Crippen LogP contribution in [-0.2, 0) is 0 Å². The fraction of sp³-hybridized carbons (Fsp3) is 0.0588. The molecule has 1 aromatic heterocycles. The van der Waals surface area contributed by atoms with Crippen LogP contribution in [0.25, 0.3) is 10.9 Å². The van der Waals surface area contributed by atoms with Crippen molar-refractivity contribution in [1.82, 2.24) is 4.98 Å². The van der Waals surface area contributed by atoms with Gasteiger partial charge < -0.3 is 15.5 Å². The summed E-state index contributed by atoms with van der Waals surface area (Å²) in [6, 6.07) is 9.83. The second kappa shape index (κ2) is 5.78. The van der Waals surface area contributed by atoms with E-state index in [1.54, 1.807) is 24.3 Å². The Bertz CT molecular complexity index is 908. The van der Waals surface area contributed by atoms with Crippen molar-refractivity contribution in [2.24, 2.45) is 0 Å². The Balaban J connectivity index is 2.22. The number of aryl methyl sites for hydroxylation is 1. The van der Waals surface area contributed by atoms with E-state index in [2.05, 4.69) is 10.3 Å². The predicted molar refractivity (Wildman–Crippen MR) is 89.8 cm³/mol. The Morgan fingerprint density at radius 2 is 1.87 bits per heavy atom. The zero-order valence-electron chi connectivity index (χ0n) is 12.2. The Morgan fingerprint density at radius 1 is 1.17 bits per heavy atom. The van der Waals surface area contributed by atoms with Crippen LogP contribution in [0.2, 0.25) is 5.02 Å². The molecule has 0 unspecified atom stereocenters. The molecule has 5 nitrogen and oxygen atoms in total. The van der Waals surface area contributed by atoms with Crippen LogP contribution in [0.3, 0.4) is 0 Å². The predicted octanol–water partition coefficient (Wildman–Crippen LogP) is 4.34. The molecule has 0 saturated heterocycles. The normalized spacial score (nSPS) is 10.7. The van der Waals surface area contributed by atoms with Crippen molar-refractivity contribution in [3.05, 3.63) is 58.7 Å². The number of pyridine rings is 1. The number of phenols is 1. The Hall–Kier alpha value is -2.79. The summed E-state index contributed by atoms with van der Waals surface area (Å²) < 4.78 is 0. The minimum absolute atomic E-state index is 0.0623. The highest BCUT2D eigenvalue weighted by atomic mass is 35.5. The maximum Gasteiger partial charge on any atom is 0.339 e. The summed E-state index contributed by atoms with van der Waals surface area (Å²) in [5, 5.41) is 23.1. The summed E-state index contributed by atoms with van der Waals surface area (Å²) >= 11 is 6.12. The number of benzene rings is 2. The van der Waals surface area contributed by atoms with E-state index in [1.807, 2.05) is 6.92 Å². The molecule has 2 aromatic carbocycles. The van der Waals surface area contributed by atoms with Gasteiger partial charge in [-0.25, -0.2) is 4.79 Å². The van der Waals surface area contributed by atoms with Gasteiger partial charge in [-0.2, -0.15) is 0 Å². The maximum atomic E-state index is 11.5. The molecule has 0 aliphatic carbocycles. The van der Waals surface area contributed by atoms with Crippen LogP contribution in [0, 0.1) is 6.92 Å². The van der Waals surface area contributed by atoms with Gasteiger partial charge in [0.25, 0.3) is 0 Å². The second-order valence-electron chi connectivity index (χ2n) is 5.09. The lowest BCUT2D eigenvalue weighted by Crippen LogP contribution is -2.05. The number of anilines is 2. The number of nitrogens with zero attached hydrogens (tertiary/aromatic N) is 1. The number of nitrogens with one attached hydrogen (secondary N) is 1. The maximum absolute atomic E-state index is 11.5. The number of halogens is 1. The minimum Gasteiger partial charge on any atom is -0.508 e. The van der Waals surface area contributed by atoms with Gasteiger partial charge in [-0.05, 0) is 48.9 Å². The lowest BCUT2D eigenvalue weighted by molar-refractivity contribution is 0.0697. The first-order chi connectivity index (χ1) is 11.0. The second-order valence-corrected chi connectivity index (χ2v) is 5.50. The Labute approximate surface area is 137 Å². The number of aromatic hydroxyl groups is 1. The molecule has 3 N–H and O–H groups in total. The molecule has 0 spiro atoms. The molecule has 0 radical (unpaired) electrons. The fourth-order valence-corrected chi connectivity index (χ4v) is 2.52. The molecular formula is C17H13ClN2O3. The van der Waals surface area contributed by atoms with Gasteiger partial charge in [0.05, 0.1) is 11.2 Å². The Morgan fingerprint density at radius 3 is 2.52 bits per heavy atom. The molecule has 116 valence electrons. The molecule has 0 fully saturated rings. The van der Waals surface area contributed by atoms with Crippen molar-refractivity contribution in [3.8, 4) is 5.75 Å². The van der Waals surface area contributed by atoms with Crippen molar-refractivity contribution in [2.45, 2.75) is 6.92 Å². The summed E-state index contributed by atoms with van der Waals surface area (Å²) in [7, 11) is 0. The minimum atomic E-state index is -1.08. The number of rotatable bonds is 3. The van der Waals surface area contributed by atoms with Gasteiger partial charge in [0.2, 0.25) is 0 Å². The molecule has 0 bridgehead atoms. The van der Waals surface area contributed by atoms with Crippen LogP contribution < -0.4 is 5.32 Å². The average Bonchev–Trinajstić information content (AvgIpc) is 2.53. The molecule has 0 atom stereocenters. The molecule has 0 aliphatic heterocycles. The van der Waals surface area contributed by atoms with E-state index in [9.17, 15) is 15.0 Å². The highest BCUT2D eigenvalue weighted by molar-refractivity contribution is 6.32. The van der Waals surface area contributed by atoms with Gasteiger partial charge in [-0.3, -0.25) is 4.98 Å². The third-order valence-electron chi connectivity index (χ3n) is 3.59. The molecule has 0 aliphatic rings. The molecule has 23 heavy (non-hydrogen) atoms. The van der Waals surface area contributed by atoms with Crippen LogP contribution in [0.4, 0.5) is 11.4 Å². The van der Waals surface area contributed by atoms with Gasteiger partial charge in [0, 0.05) is 22.3 Å². The summed E-state index contributed by atoms with van der Waals surface area (Å²) in [5.41, 5.74) is 2.59. The number of carbonyl (C=O) groups is 1. The van der Waals surface area contributed by atoms with Crippen LogP contribution in [0.5, 0.6) is 5.75 Å². The van der Waals surface area contributed by atoms with Crippen LogP contribution in [0.1, 0.15) is 15.9 Å². The Kier molecular flexibility index (Phi) is 3.80. The summed E-state index contributed by atoms with van der Waals surface area (Å²) in [6.45, 7) is 1.84. The zero-order valence-corrected chi connectivity index (χ0v) is 12.9.